The molecule has 0 aliphatic carbocycles. The Hall–Kier alpha value is -1.39. The molecule has 1 N–H and O–H groups in total. The molecule has 0 unspecified atom stereocenters. The summed E-state index contributed by atoms with van der Waals surface area (Å²) in [7, 11) is 0. The number of hydrogen-bond donors (Lipinski definition) is 1. The number of nitrogens with zero attached hydrogens (tertiary/aromatic N) is 3. The van der Waals surface area contributed by atoms with Crippen molar-refractivity contribution in [2.24, 2.45) is 5.10 Å². The van der Waals surface area contributed by atoms with E-state index >= 15 is 0 Å². The first kappa shape index (κ1) is 22.3. The maximum Gasteiger partial charge on any atom is 0.250 e. The number of aromatic nitrogens is 2. The van der Waals surface area contributed by atoms with Gasteiger partial charge in [0.2, 0.25) is 0 Å². The van der Waals surface area contributed by atoms with Crippen LogP contribution in [0.15, 0.2) is 66.8 Å². The van der Waals surface area contributed by atoms with Crippen LogP contribution in [0.3, 0.4) is 0 Å². The average molecular weight is 528 g/mol. The van der Waals surface area contributed by atoms with Crippen LogP contribution in [0, 0.1) is 0 Å². The molecule has 1 amide bonds. The van der Waals surface area contributed by atoms with E-state index in [1.54, 1.807) is 11.8 Å². The molecule has 0 aliphatic heterocycles. The van der Waals surface area contributed by atoms with E-state index < -0.39 is 0 Å². The predicted octanol–water partition coefficient (Wildman–Crippen LogP) is 5.88. The van der Waals surface area contributed by atoms with Gasteiger partial charge in [0.1, 0.15) is 0 Å². The third-order valence-electron chi connectivity index (χ3n) is 3.60. The van der Waals surface area contributed by atoms with Crippen LogP contribution in [0.1, 0.15) is 18.1 Å². The number of rotatable bonds is 8. The van der Waals surface area contributed by atoms with Gasteiger partial charge in [-0.15, -0.1) is 10.2 Å². The Labute approximate surface area is 194 Å². The molecule has 3 rings (SSSR count). The Morgan fingerprint density at radius 2 is 1.76 bits per heavy atom. The minimum Gasteiger partial charge on any atom is -0.272 e. The molecule has 10 heteroatoms. The van der Waals surface area contributed by atoms with Gasteiger partial charge in [-0.3, -0.25) is 4.79 Å². The first-order valence-corrected chi connectivity index (χ1v) is 12.4. The summed E-state index contributed by atoms with van der Waals surface area (Å²) in [4.78, 5) is 12.0. The molecule has 1 heterocycles. The van der Waals surface area contributed by atoms with Crippen LogP contribution in [0.25, 0.3) is 0 Å². The predicted molar refractivity (Wildman–Crippen MR) is 126 cm³/mol. The molecular weight excluding hydrogens is 512 g/mol. The van der Waals surface area contributed by atoms with Crippen molar-refractivity contribution < 1.29 is 4.79 Å². The lowest BCUT2D eigenvalue weighted by atomic mass is 10.1. The van der Waals surface area contributed by atoms with Gasteiger partial charge in [-0.1, -0.05) is 86.7 Å². The van der Waals surface area contributed by atoms with Crippen molar-refractivity contribution in [2.45, 2.75) is 21.4 Å². The van der Waals surface area contributed by atoms with Gasteiger partial charge in [-0.25, -0.2) is 5.43 Å². The van der Waals surface area contributed by atoms with E-state index in [0.717, 1.165) is 35.2 Å². The van der Waals surface area contributed by atoms with Gasteiger partial charge in [0, 0.05) is 15.2 Å². The molecule has 0 fully saturated rings. The summed E-state index contributed by atoms with van der Waals surface area (Å²) < 4.78 is 2.62. The lowest BCUT2D eigenvalue weighted by Gasteiger charge is -2.02. The molecule has 3 aromatic rings. The van der Waals surface area contributed by atoms with Gasteiger partial charge < -0.3 is 0 Å². The van der Waals surface area contributed by atoms with Gasteiger partial charge in [-0.05, 0) is 42.3 Å². The van der Waals surface area contributed by atoms with Crippen LogP contribution >= 0.6 is 62.4 Å². The fraction of sp³-hybridized carbons (Fsp3) is 0.158. The number of amides is 1. The number of thioether (sulfide) groups is 2. The van der Waals surface area contributed by atoms with Crippen LogP contribution in [0.5, 0.6) is 0 Å². The molecule has 2 aromatic carbocycles. The number of hydrogen-bond acceptors (Lipinski definition) is 7. The van der Waals surface area contributed by atoms with Crippen molar-refractivity contribution in [3.05, 3.63) is 69.2 Å². The van der Waals surface area contributed by atoms with Crippen LogP contribution in [-0.4, -0.2) is 27.6 Å². The van der Waals surface area contributed by atoms with E-state index in [9.17, 15) is 4.79 Å². The average Bonchev–Trinajstić information content (AvgIpc) is 3.18. The zero-order chi connectivity index (χ0) is 20.6. The Morgan fingerprint density at radius 1 is 1.10 bits per heavy atom. The summed E-state index contributed by atoms with van der Waals surface area (Å²) in [5, 5.41) is 13.2. The van der Waals surface area contributed by atoms with Gasteiger partial charge >= 0.3 is 0 Å². The SMILES string of the molecule is CC(=NNC(=O)CSc1nnc(SCc2ccc(Cl)cc2)s1)c1ccc(Br)cc1. The van der Waals surface area contributed by atoms with Crippen molar-refractivity contribution >= 4 is 74.0 Å². The van der Waals surface area contributed by atoms with Crippen LogP contribution in [0.2, 0.25) is 5.02 Å². The topological polar surface area (TPSA) is 67.2 Å². The lowest BCUT2D eigenvalue weighted by Crippen LogP contribution is -2.21. The monoisotopic (exact) mass is 526 g/mol. The molecule has 0 saturated carbocycles. The molecule has 0 radical (unpaired) electrons. The van der Waals surface area contributed by atoms with Gasteiger partial charge in [0.05, 0.1) is 11.5 Å². The number of halogens is 2. The summed E-state index contributed by atoms with van der Waals surface area (Å²) in [5.41, 5.74) is 5.44. The third kappa shape index (κ3) is 7.42. The second-order valence-corrected chi connectivity index (χ2v) is 10.6. The molecule has 1 aromatic heterocycles. The smallest absolute Gasteiger partial charge is 0.250 e. The highest BCUT2D eigenvalue weighted by atomic mass is 79.9. The Kier molecular flexibility index (Phi) is 8.55. The quantitative estimate of drug-likeness (QED) is 0.225. The number of carbonyl (C=O) groups excluding carboxylic acids is 1. The number of carbonyl (C=O) groups is 1. The van der Waals surface area contributed by atoms with E-state index in [2.05, 4.69) is 36.7 Å². The second-order valence-electron chi connectivity index (χ2n) is 5.78. The largest absolute Gasteiger partial charge is 0.272 e. The molecular formula is C19H16BrClN4OS3. The minimum absolute atomic E-state index is 0.183. The molecule has 0 atom stereocenters. The van der Waals surface area contributed by atoms with Crippen molar-refractivity contribution in [3.63, 3.8) is 0 Å². The fourth-order valence-corrected chi connectivity index (χ4v) is 5.26. The number of hydrazone groups is 1. The van der Waals surface area contributed by atoms with E-state index in [1.807, 2.05) is 55.5 Å². The van der Waals surface area contributed by atoms with Crippen molar-refractivity contribution in [2.75, 3.05) is 5.75 Å². The van der Waals surface area contributed by atoms with Crippen molar-refractivity contribution in [1.29, 1.82) is 0 Å². The standard InChI is InChI=1S/C19H16BrClN4OS3/c1-12(14-4-6-15(20)7-5-14)22-23-17(26)11-28-19-25-24-18(29-19)27-10-13-2-8-16(21)9-3-13/h2-9H,10-11H2,1H3,(H,23,26). The molecule has 150 valence electrons. The highest BCUT2D eigenvalue weighted by Crippen LogP contribution is 2.30. The lowest BCUT2D eigenvalue weighted by molar-refractivity contribution is -0.118. The zero-order valence-corrected chi connectivity index (χ0v) is 20.1. The highest BCUT2D eigenvalue weighted by Gasteiger charge is 2.09. The summed E-state index contributed by atoms with van der Waals surface area (Å²) in [6.45, 7) is 1.85. The summed E-state index contributed by atoms with van der Waals surface area (Å²) in [6.07, 6.45) is 0. The van der Waals surface area contributed by atoms with Crippen LogP contribution < -0.4 is 5.43 Å². The molecule has 0 saturated heterocycles. The summed E-state index contributed by atoms with van der Waals surface area (Å²) in [6, 6.07) is 15.5. The fourth-order valence-electron chi connectivity index (χ4n) is 2.10. The van der Waals surface area contributed by atoms with Gasteiger partial charge in [-0.2, -0.15) is 5.10 Å². The minimum atomic E-state index is -0.183. The zero-order valence-electron chi connectivity index (χ0n) is 15.3. The summed E-state index contributed by atoms with van der Waals surface area (Å²) in [5.74, 6) is 0.839. The van der Waals surface area contributed by atoms with E-state index in [0.29, 0.717) is 0 Å². The number of nitrogens with one attached hydrogen (secondary N) is 1. The third-order valence-corrected chi connectivity index (χ3v) is 7.64. The van der Waals surface area contributed by atoms with Gasteiger partial charge in [0.15, 0.2) is 8.68 Å². The molecule has 29 heavy (non-hydrogen) atoms. The maximum atomic E-state index is 12.0. The molecule has 0 aliphatic rings. The Bertz CT molecular complexity index is 993. The van der Waals surface area contributed by atoms with E-state index in [1.165, 1.54) is 28.7 Å². The maximum absolute atomic E-state index is 12.0. The highest BCUT2D eigenvalue weighted by molar-refractivity contribution is 9.10. The molecule has 0 bridgehead atoms. The molecule has 5 nitrogen and oxygen atoms in total. The Balaban J connectivity index is 1.43. The first-order chi connectivity index (χ1) is 14.0. The van der Waals surface area contributed by atoms with E-state index in [4.69, 9.17) is 11.6 Å². The van der Waals surface area contributed by atoms with Crippen molar-refractivity contribution in [1.82, 2.24) is 15.6 Å². The number of benzene rings is 2. The van der Waals surface area contributed by atoms with Gasteiger partial charge in [0.25, 0.3) is 5.91 Å². The second kappa shape index (κ2) is 11.1. The normalized spacial score (nSPS) is 11.5. The first-order valence-electron chi connectivity index (χ1n) is 8.42. The Morgan fingerprint density at radius 3 is 2.45 bits per heavy atom. The molecule has 0 spiro atoms. The summed E-state index contributed by atoms with van der Waals surface area (Å²) >= 11 is 13.7. The van der Waals surface area contributed by atoms with Crippen LogP contribution in [0.4, 0.5) is 0 Å². The van der Waals surface area contributed by atoms with Crippen molar-refractivity contribution in [3.8, 4) is 0 Å². The van der Waals surface area contributed by atoms with E-state index in [-0.39, 0.29) is 11.7 Å². The van der Waals surface area contributed by atoms with Crippen LogP contribution in [-0.2, 0) is 10.5 Å².